The first-order valence-electron chi connectivity index (χ1n) is 4.34. The molecule has 1 heterocycles. The van der Waals surface area contributed by atoms with E-state index in [4.69, 9.17) is 11.6 Å². The van der Waals surface area contributed by atoms with Gasteiger partial charge in [0.05, 0.1) is 16.9 Å². The largest absolute Gasteiger partial charge is 0.351 e. The Kier molecular flexibility index (Phi) is 2.87. The van der Waals surface area contributed by atoms with Crippen LogP contribution in [0.3, 0.4) is 0 Å². The van der Waals surface area contributed by atoms with Crippen LogP contribution in [0.5, 0.6) is 0 Å². The van der Waals surface area contributed by atoms with Gasteiger partial charge in [0, 0.05) is 6.07 Å². The van der Waals surface area contributed by atoms with Crippen molar-refractivity contribution in [3.05, 3.63) is 47.1 Å². The van der Waals surface area contributed by atoms with Crippen LogP contribution in [0.2, 0.25) is 5.02 Å². The molecule has 0 atom stereocenters. The summed E-state index contributed by atoms with van der Waals surface area (Å²) in [7, 11) is 0. The molecule has 0 fully saturated rings. The molecule has 2 aromatic rings. The van der Waals surface area contributed by atoms with Gasteiger partial charge >= 0.3 is 0 Å². The van der Waals surface area contributed by atoms with Gasteiger partial charge in [-0.2, -0.15) is 0 Å². The van der Waals surface area contributed by atoms with Crippen LogP contribution in [0, 0.1) is 5.82 Å². The van der Waals surface area contributed by atoms with Crippen LogP contribution in [0.25, 0.3) is 0 Å². The summed E-state index contributed by atoms with van der Waals surface area (Å²) in [6.45, 7) is 0. The normalized spacial score (nSPS) is 10.1. The van der Waals surface area contributed by atoms with Crippen molar-refractivity contribution < 1.29 is 13.7 Å². The van der Waals surface area contributed by atoms with E-state index in [-0.39, 0.29) is 10.8 Å². The smallest absolute Gasteiger partial charge is 0.294 e. The number of carbonyl (C=O) groups is 1. The van der Waals surface area contributed by atoms with E-state index in [0.29, 0.717) is 5.69 Å². The molecule has 0 aliphatic heterocycles. The van der Waals surface area contributed by atoms with Crippen molar-refractivity contribution in [2.75, 3.05) is 5.32 Å². The molecule has 1 amide bonds. The molecule has 4 nitrogen and oxygen atoms in total. The van der Waals surface area contributed by atoms with Crippen LogP contribution < -0.4 is 5.32 Å². The fraction of sp³-hybridized carbons (Fsp3) is 0. The second-order valence-corrected chi connectivity index (χ2v) is 3.36. The summed E-state index contributed by atoms with van der Waals surface area (Å²) in [5.41, 5.74) is 0.310. The fourth-order valence-electron chi connectivity index (χ4n) is 1.11. The number of amides is 1. The van der Waals surface area contributed by atoms with Crippen LogP contribution in [0.15, 0.2) is 35.0 Å². The molecule has 0 aliphatic carbocycles. The van der Waals surface area contributed by atoms with Crippen molar-refractivity contribution in [2.24, 2.45) is 0 Å². The first-order valence-corrected chi connectivity index (χ1v) is 4.71. The molecule has 1 aromatic heterocycles. The van der Waals surface area contributed by atoms with E-state index in [0.717, 1.165) is 6.07 Å². The van der Waals surface area contributed by atoms with Gasteiger partial charge < -0.3 is 9.84 Å². The molecule has 82 valence electrons. The molecule has 2 rings (SSSR count). The van der Waals surface area contributed by atoms with Crippen molar-refractivity contribution >= 4 is 23.2 Å². The number of carbonyl (C=O) groups excluding carboxylic acids is 1. The lowest BCUT2D eigenvalue weighted by Gasteiger charge is -2.04. The molecule has 0 saturated carbocycles. The Labute approximate surface area is 95.0 Å². The van der Waals surface area contributed by atoms with Gasteiger partial charge in [-0.25, -0.2) is 4.39 Å². The Hall–Kier alpha value is -1.88. The summed E-state index contributed by atoms with van der Waals surface area (Å²) in [4.78, 5) is 11.5. The van der Waals surface area contributed by atoms with Crippen molar-refractivity contribution in [1.82, 2.24) is 5.16 Å². The summed E-state index contributed by atoms with van der Waals surface area (Å²) < 4.78 is 17.4. The lowest BCUT2D eigenvalue weighted by molar-refractivity contribution is 0.0988. The van der Waals surface area contributed by atoms with Crippen molar-refractivity contribution in [3.63, 3.8) is 0 Å². The van der Waals surface area contributed by atoms with Gasteiger partial charge in [0.15, 0.2) is 0 Å². The van der Waals surface area contributed by atoms with E-state index < -0.39 is 11.7 Å². The predicted molar refractivity (Wildman–Crippen MR) is 55.9 cm³/mol. The van der Waals surface area contributed by atoms with Gasteiger partial charge in [-0.1, -0.05) is 16.8 Å². The van der Waals surface area contributed by atoms with E-state index >= 15 is 0 Å². The highest BCUT2D eigenvalue weighted by Crippen LogP contribution is 2.22. The second kappa shape index (κ2) is 4.32. The number of nitrogens with zero attached hydrogens (tertiary/aromatic N) is 1. The number of halogens is 2. The summed E-state index contributed by atoms with van der Waals surface area (Å²) in [6, 6.07) is 5.08. The number of aromatic nitrogens is 1. The van der Waals surface area contributed by atoms with E-state index in [1.807, 2.05) is 0 Å². The second-order valence-electron chi connectivity index (χ2n) is 2.95. The molecule has 0 radical (unpaired) electrons. The highest BCUT2D eigenvalue weighted by Gasteiger charge is 2.11. The van der Waals surface area contributed by atoms with E-state index in [1.54, 1.807) is 0 Å². The van der Waals surface area contributed by atoms with Crippen molar-refractivity contribution in [1.29, 1.82) is 0 Å². The molecule has 1 N–H and O–H groups in total. The quantitative estimate of drug-likeness (QED) is 0.878. The summed E-state index contributed by atoms with van der Waals surface area (Å²) in [5, 5.41) is 5.98. The number of hydrogen-bond acceptors (Lipinski definition) is 3. The molecule has 1 aromatic carbocycles. The number of rotatable bonds is 2. The number of benzene rings is 1. The van der Waals surface area contributed by atoms with Crippen LogP contribution in [0.4, 0.5) is 10.1 Å². The van der Waals surface area contributed by atoms with Gasteiger partial charge in [0.2, 0.25) is 5.76 Å². The monoisotopic (exact) mass is 240 g/mol. The molecule has 16 heavy (non-hydrogen) atoms. The van der Waals surface area contributed by atoms with Crippen LogP contribution >= 0.6 is 11.6 Å². The third kappa shape index (κ3) is 2.20. The molecule has 0 bridgehead atoms. The Morgan fingerprint density at radius 3 is 2.88 bits per heavy atom. The number of nitrogens with one attached hydrogen (secondary N) is 1. The molecular weight excluding hydrogens is 235 g/mol. The number of hydrogen-bond donors (Lipinski definition) is 1. The van der Waals surface area contributed by atoms with Crippen LogP contribution in [-0.2, 0) is 0 Å². The zero-order chi connectivity index (χ0) is 11.5. The zero-order valence-corrected chi connectivity index (χ0v) is 8.66. The van der Waals surface area contributed by atoms with Gasteiger partial charge in [0.1, 0.15) is 5.82 Å². The molecule has 0 spiro atoms. The average molecular weight is 241 g/mol. The molecule has 0 unspecified atom stereocenters. The Morgan fingerprint density at radius 1 is 1.44 bits per heavy atom. The highest BCUT2D eigenvalue weighted by atomic mass is 35.5. The van der Waals surface area contributed by atoms with Gasteiger partial charge in [0.25, 0.3) is 5.91 Å². The maximum Gasteiger partial charge on any atom is 0.294 e. The Morgan fingerprint density at radius 2 is 2.25 bits per heavy atom. The zero-order valence-electron chi connectivity index (χ0n) is 7.91. The molecule has 0 aliphatic rings. The molecule has 6 heteroatoms. The maximum atomic E-state index is 12.7. The first kappa shape index (κ1) is 10.6. The minimum Gasteiger partial charge on any atom is -0.351 e. The summed E-state index contributed by atoms with van der Waals surface area (Å²) in [6.07, 6.45) is 1.35. The Balaban J connectivity index is 2.18. The van der Waals surface area contributed by atoms with Crippen LogP contribution in [0.1, 0.15) is 10.6 Å². The van der Waals surface area contributed by atoms with E-state index in [9.17, 15) is 9.18 Å². The SMILES string of the molecule is O=C(Nc1ccc(F)cc1Cl)c1ccno1. The summed E-state index contributed by atoms with van der Waals surface area (Å²) in [5.74, 6) is -0.908. The first-order chi connectivity index (χ1) is 7.66. The third-order valence-corrected chi connectivity index (χ3v) is 2.15. The Bertz CT molecular complexity index is 514. The van der Waals surface area contributed by atoms with E-state index in [2.05, 4.69) is 15.0 Å². The van der Waals surface area contributed by atoms with Crippen LogP contribution in [-0.4, -0.2) is 11.1 Å². The lowest BCUT2D eigenvalue weighted by atomic mass is 10.3. The van der Waals surface area contributed by atoms with Gasteiger partial charge in [-0.3, -0.25) is 4.79 Å². The highest BCUT2D eigenvalue weighted by molar-refractivity contribution is 6.33. The third-order valence-electron chi connectivity index (χ3n) is 1.84. The minimum absolute atomic E-state index is 0.0559. The molecule has 0 saturated heterocycles. The minimum atomic E-state index is -0.494. The average Bonchev–Trinajstić information content (AvgIpc) is 2.75. The predicted octanol–water partition coefficient (Wildman–Crippen LogP) is 2.72. The van der Waals surface area contributed by atoms with Crippen molar-refractivity contribution in [2.45, 2.75) is 0 Å². The van der Waals surface area contributed by atoms with Crippen molar-refractivity contribution in [3.8, 4) is 0 Å². The van der Waals surface area contributed by atoms with Gasteiger partial charge in [-0.05, 0) is 18.2 Å². The van der Waals surface area contributed by atoms with E-state index in [1.165, 1.54) is 24.4 Å². The topological polar surface area (TPSA) is 55.1 Å². The molecular formula is C10H6ClFN2O2. The lowest BCUT2D eigenvalue weighted by Crippen LogP contribution is -2.11. The van der Waals surface area contributed by atoms with Gasteiger partial charge in [-0.15, -0.1) is 0 Å². The number of anilines is 1. The maximum absolute atomic E-state index is 12.7. The fourth-order valence-corrected chi connectivity index (χ4v) is 1.32. The standard InChI is InChI=1S/C10H6ClFN2O2/c11-7-5-6(12)1-2-8(7)14-10(15)9-3-4-13-16-9/h1-5H,(H,14,15). The summed E-state index contributed by atoms with van der Waals surface area (Å²) >= 11 is 5.73.